The third-order valence-electron chi connectivity index (χ3n) is 4.02. The van der Waals surface area contributed by atoms with E-state index in [1.54, 1.807) is 32.3 Å². The van der Waals surface area contributed by atoms with Crippen molar-refractivity contribution in [1.82, 2.24) is 4.31 Å². The number of hydrogen-bond acceptors (Lipinski definition) is 3. The van der Waals surface area contributed by atoms with E-state index in [0.29, 0.717) is 17.5 Å². The average molecular weight is 346 g/mol. The molecule has 0 aliphatic rings. The molecule has 0 aliphatic carbocycles. The number of rotatable bonds is 6. The normalized spacial score (nSPS) is 12.0. The van der Waals surface area contributed by atoms with Gasteiger partial charge in [-0.1, -0.05) is 29.8 Å². The van der Waals surface area contributed by atoms with Gasteiger partial charge in [-0.15, -0.1) is 0 Å². The van der Waals surface area contributed by atoms with E-state index in [1.807, 2.05) is 6.07 Å². The molecular formula is C19H26N2O2S. The minimum atomic E-state index is -3.41. The van der Waals surface area contributed by atoms with Gasteiger partial charge in [-0.25, -0.2) is 12.7 Å². The molecule has 5 heteroatoms. The molecule has 0 fully saturated rings. The fourth-order valence-corrected chi connectivity index (χ4v) is 3.49. The fourth-order valence-electron chi connectivity index (χ4n) is 2.52. The highest BCUT2D eigenvalue weighted by molar-refractivity contribution is 7.89. The van der Waals surface area contributed by atoms with Crippen LogP contribution in [0.5, 0.6) is 0 Å². The van der Waals surface area contributed by atoms with Crippen molar-refractivity contribution < 1.29 is 8.42 Å². The van der Waals surface area contributed by atoms with E-state index >= 15 is 0 Å². The van der Waals surface area contributed by atoms with Gasteiger partial charge in [-0.3, -0.25) is 0 Å². The van der Waals surface area contributed by atoms with E-state index in [4.69, 9.17) is 0 Å². The lowest BCUT2D eigenvalue weighted by Crippen LogP contribution is -2.30. The van der Waals surface area contributed by atoms with Gasteiger partial charge in [0, 0.05) is 32.4 Å². The molecule has 24 heavy (non-hydrogen) atoms. The second-order valence-electron chi connectivity index (χ2n) is 6.49. The Bertz CT molecular complexity index is 781. The Morgan fingerprint density at radius 1 is 1.00 bits per heavy atom. The van der Waals surface area contributed by atoms with Crippen LogP contribution in [0.4, 0.5) is 5.69 Å². The number of anilines is 1. The van der Waals surface area contributed by atoms with Crippen molar-refractivity contribution in [3.8, 4) is 0 Å². The molecule has 2 aromatic carbocycles. The molecule has 0 unspecified atom stereocenters. The summed E-state index contributed by atoms with van der Waals surface area (Å²) in [6, 6.07) is 15.9. The smallest absolute Gasteiger partial charge is 0.242 e. The summed E-state index contributed by atoms with van der Waals surface area (Å²) < 4.78 is 25.9. The van der Waals surface area contributed by atoms with Crippen LogP contribution < -0.4 is 4.90 Å². The van der Waals surface area contributed by atoms with E-state index in [-0.39, 0.29) is 0 Å². The number of aryl methyl sites for hydroxylation is 1. The highest BCUT2D eigenvalue weighted by atomic mass is 32.2. The summed E-state index contributed by atoms with van der Waals surface area (Å²) >= 11 is 0. The first-order valence-corrected chi connectivity index (χ1v) is 9.50. The second-order valence-corrected chi connectivity index (χ2v) is 8.64. The van der Waals surface area contributed by atoms with Crippen molar-refractivity contribution in [1.29, 1.82) is 0 Å². The largest absolute Gasteiger partial charge is 0.365 e. The first-order chi connectivity index (χ1) is 11.2. The second kappa shape index (κ2) is 7.36. The van der Waals surface area contributed by atoms with Crippen molar-refractivity contribution >= 4 is 15.7 Å². The molecular weight excluding hydrogens is 320 g/mol. The molecule has 0 radical (unpaired) electrons. The predicted molar refractivity (Wildman–Crippen MR) is 99.8 cm³/mol. The van der Waals surface area contributed by atoms with E-state index in [0.717, 1.165) is 11.3 Å². The molecule has 0 spiro atoms. The molecule has 0 atom stereocenters. The molecule has 2 aromatic rings. The van der Waals surface area contributed by atoms with E-state index in [9.17, 15) is 8.42 Å². The Kier molecular flexibility index (Phi) is 5.67. The van der Waals surface area contributed by atoms with Gasteiger partial charge in [0.05, 0.1) is 4.90 Å². The summed E-state index contributed by atoms with van der Waals surface area (Å²) in [6.45, 7) is 7.01. The van der Waals surface area contributed by atoms with Crippen LogP contribution in [0, 0.1) is 6.92 Å². The summed E-state index contributed by atoms with van der Waals surface area (Å²) in [4.78, 5) is 2.60. The summed E-state index contributed by atoms with van der Waals surface area (Å²) in [5.74, 6) is 0. The van der Waals surface area contributed by atoms with Crippen molar-refractivity contribution in [3.05, 3.63) is 59.7 Å². The maximum Gasteiger partial charge on any atom is 0.242 e. The Morgan fingerprint density at radius 2 is 1.62 bits per heavy atom. The Hall–Kier alpha value is -1.85. The number of hydrogen-bond donors (Lipinski definition) is 0. The summed E-state index contributed by atoms with van der Waals surface area (Å²) in [5, 5.41) is 0. The quantitative estimate of drug-likeness (QED) is 0.801. The maximum absolute atomic E-state index is 12.3. The number of sulfonamides is 1. The summed E-state index contributed by atoms with van der Waals surface area (Å²) in [5.41, 5.74) is 3.34. The van der Waals surface area contributed by atoms with Crippen molar-refractivity contribution in [2.45, 2.75) is 38.3 Å². The number of benzene rings is 2. The molecule has 0 saturated carbocycles. The maximum atomic E-state index is 12.3. The third kappa shape index (κ3) is 4.16. The zero-order chi connectivity index (χ0) is 17.9. The van der Waals surface area contributed by atoms with Crippen LogP contribution in [0.3, 0.4) is 0 Å². The molecule has 0 aliphatic heterocycles. The van der Waals surface area contributed by atoms with Crippen LogP contribution in [0.25, 0.3) is 0 Å². The topological polar surface area (TPSA) is 40.6 Å². The van der Waals surface area contributed by atoms with Gasteiger partial charge in [-0.2, -0.15) is 0 Å². The Morgan fingerprint density at radius 3 is 2.17 bits per heavy atom. The molecule has 130 valence electrons. The third-order valence-corrected chi connectivity index (χ3v) is 5.83. The van der Waals surface area contributed by atoms with Crippen LogP contribution in [-0.4, -0.2) is 32.9 Å². The average Bonchev–Trinajstić information content (AvgIpc) is 2.53. The molecule has 0 N–H and O–H groups in total. The molecule has 0 heterocycles. The Labute approximate surface area is 145 Å². The Balaban J connectivity index is 2.32. The fraction of sp³-hybridized carbons (Fsp3) is 0.368. The lowest BCUT2D eigenvalue weighted by atomic mass is 10.1. The zero-order valence-corrected chi connectivity index (χ0v) is 15.8. The van der Waals surface area contributed by atoms with E-state index < -0.39 is 10.0 Å². The first kappa shape index (κ1) is 18.5. The SMILES string of the molecule is Cc1ccc(N(Cc2cccc(S(=O)(=O)N(C)C)c2)C(C)C)cc1. The monoisotopic (exact) mass is 346 g/mol. The van der Waals surface area contributed by atoms with Crippen molar-refractivity contribution in [2.75, 3.05) is 19.0 Å². The van der Waals surface area contributed by atoms with Gasteiger partial charge in [0.1, 0.15) is 0 Å². The minimum absolute atomic E-state index is 0.307. The zero-order valence-electron chi connectivity index (χ0n) is 15.0. The lowest BCUT2D eigenvalue weighted by molar-refractivity contribution is 0.520. The van der Waals surface area contributed by atoms with E-state index in [2.05, 4.69) is 49.9 Å². The molecule has 0 aromatic heterocycles. The van der Waals surface area contributed by atoms with Crippen LogP contribution in [0.1, 0.15) is 25.0 Å². The van der Waals surface area contributed by atoms with Crippen LogP contribution in [-0.2, 0) is 16.6 Å². The lowest BCUT2D eigenvalue weighted by Gasteiger charge is -2.29. The van der Waals surface area contributed by atoms with Crippen LogP contribution in [0.15, 0.2) is 53.4 Å². The van der Waals surface area contributed by atoms with Gasteiger partial charge < -0.3 is 4.90 Å². The molecule has 0 saturated heterocycles. The van der Waals surface area contributed by atoms with E-state index in [1.165, 1.54) is 9.87 Å². The van der Waals surface area contributed by atoms with Crippen molar-refractivity contribution in [3.63, 3.8) is 0 Å². The highest BCUT2D eigenvalue weighted by Gasteiger charge is 2.18. The predicted octanol–water partition coefficient (Wildman–Crippen LogP) is 3.66. The summed E-state index contributed by atoms with van der Waals surface area (Å²) in [6.07, 6.45) is 0. The van der Waals surface area contributed by atoms with Crippen LogP contribution in [0.2, 0.25) is 0 Å². The molecule has 4 nitrogen and oxygen atoms in total. The van der Waals surface area contributed by atoms with Gasteiger partial charge in [0.2, 0.25) is 10.0 Å². The first-order valence-electron chi connectivity index (χ1n) is 8.06. The number of nitrogens with zero attached hydrogens (tertiary/aromatic N) is 2. The van der Waals surface area contributed by atoms with Crippen molar-refractivity contribution in [2.24, 2.45) is 0 Å². The van der Waals surface area contributed by atoms with Gasteiger partial charge in [0.15, 0.2) is 0 Å². The molecule has 0 amide bonds. The van der Waals surface area contributed by atoms with Crippen LogP contribution >= 0.6 is 0 Å². The van der Waals surface area contributed by atoms with Gasteiger partial charge >= 0.3 is 0 Å². The van der Waals surface area contributed by atoms with Gasteiger partial charge in [0.25, 0.3) is 0 Å². The minimum Gasteiger partial charge on any atom is -0.365 e. The highest BCUT2D eigenvalue weighted by Crippen LogP contribution is 2.22. The molecule has 0 bridgehead atoms. The standard InChI is InChI=1S/C19H26N2O2S/c1-15(2)21(18-11-9-16(3)10-12-18)14-17-7-6-8-19(13-17)24(22,23)20(4)5/h6-13,15H,14H2,1-5H3. The summed E-state index contributed by atoms with van der Waals surface area (Å²) in [7, 11) is -0.310. The molecule has 2 rings (SSSR count). The van der Waals surface area contributed by atoms with Gasteiger partial charge in [-0.05, 0) is 50.6 Å².